The summed E-state index contributed by atoms with van der Waals surface area (Å²) in [7, 11) is 0. The first-order valence-corrected chi connectivity index (χ1v) is 16.0. The molecule has 2 aromatic heterocycles. The fourth-order valence-electron chi connectivity index (χ4n) is 6.76. The summed E-state index contributed by atoms with van der Waals surface area (Å²) in [6, 6.07) is 52.6. The van der Waals surface area contributed by atoms with Gasteiger partial charge in [-0.05, 0) is 69.8 Å². The zero-order valence-electron chi connectivity index (χ0n) is 23.1. The Hall–Kier alpha value is -4.90. The number of hydrogen-bond acceptors (Lipinski definition) is 4. The molecule has 9 rings (SSSR count). The number of benzene rings is 6. The van der Waals surface area contributed by atoms with E-state index in [9.17, 15) is 0 Å². The molecule has 0 N–H and O–H groups in total. The van der Waals surface area contributed by atoms with Gasteiger partial charge < -0.3 is 0 Å². The third-order valence-electron chi connectivity index (χ3n) is 8.63. The SMILES string of the molecule is c1ccc(C2(c3ccccc3)c3ccc(-c4nc5ccccc5s4)cc3-c3cc(-c4nc5ccccc5s4)ccc32)cc1. The van der Waals surface area contributed by atoms with Gasteiger partial charge in [0, 0.05) is 11.1 Å². The highest BCUT2D eigenvalue weighted by Gasteiger charge is 2.46. The number of nitrogens with zero attached hydrogens (tertiary/aromatic N) is 2. The summed E-state index contributed by atoms with van der Waals surface area (Å²) in [5, 5.41) is 2.09. The summed E-state index contributed by atoms with van der Waals surface area (Å²) in [5.41, 5.74) is 11.6. The smallest absolute Gasteiger partial charge is 0.124 e. The molecule has 0 saturated heterocycles. The highest BCUT2D eigenvalue weighted by Crippen LogP contribution is 2.57. The Morgan fingerprint density at radius 3 is 1.28 bits per heavy atom. The Kier molecular flexibility index (Phi) is 5.49. The van der Waals surface area contributed by atoms with Gasteiger partial charge in [-0.25, -0.2) is 9.97 Å². The number of fused-ring (bicyclic) bond motifs is 5. The van der Waals surface area contributed by atoms with Crippen molar-refractivity contribution in [1.29, 1.82) is 0 Å². The molecule has 8 aromatic rings. The summed E-state index contributed by atoms with van der Waals surface area (Å²) >= 11 is 3.51. The van der Waals surface area contributed by atoms with Crippen LogP contribution in [0.2, 0.25) is 0 Å². The van der Waals surface area contributed by atoms with E-state index in [1.165, 1.54) is 42.8 Å². The monoisotopic (exact) mass is 584 g/mol. The van der Waals surface area contributed by atoms with Gasteiger partial charge in [-0.2, -0.15) is 0 Å². The van der Waals surface area contributed by atoms with Crippen molar-refractivity contribution in [2.75, 3.05) is 0 Å². The maximum Gasteiger partial charge on any atom is 0.124 e. The van der Waals surface area contributed by atoms with Gasteiger partial charge in [-0.1, -0.05) is 109 Å². The van der Waals surface area contributed by atoms with E-state index in [1.54, 1.807) is 22.7 Å². The highest BCUT2D eigenvalue weighted by atomic mass is 32.1. The Morgan fingerprint density at radius 2 is 0.837 bits per heavy atom. The zero-order chi connectivity index (χ0) is 28.4. The molecule has 0 spiro atoms. The summed E-state index contributed by atoms with van der Waals surface area (Å²) < 4.78 is 2.42. The Balaban J connectivity index is 1.34. The van der Waals surface area contributed by atoms with Gasteiger partial charge in [0.15, 0.2) is 0 Å². The van der Waals surface area contributed by atoms with E-state index >= 15 is 0 Å². The van der Waals surface area contributed by atoms with Gasteiger partial charge in [0.25, 0.3) is 0 Å². The molecule has 0 unspecified atom stereocenters. The molecule has 0 atom stereocenters. The predicted octanol–water partition coefficient (Wildman–Crippen LogP) is 10.6. The van der Waals surface area contributed by atoms with E-state index in [-0.39, 0.29) is 0 Å². The summed E-state index contributed by atoms with van der Waals surface area (Å²) in [6.45, 7) is 0. The molecule has 2 nitrogen and oxygen atoms in total. The first-order chi connectivity index (χ1) is 21.3. The average Bonchev–Trinajstić information content (AvgIpc) is 3.78. The maximum atomic E-state index is 5.02. The highest BCUT2D eigenvalue weighted by molar-refractivity contribution is 7.22. The van der Waals surface area contributed by atoms with Crippen LogP contribution in [0.4, 0.5) is 0 Å². The van der Waals surface area contributed by atoms with Gasteiger partial charge in [-0.15, -0.1) is 22.7 Å². The van der Waals surface area contributed by atoms with Crippen molar-refractivity contribution in [2.24, 2.45) is 0 Å². The molecular weight excluding hydrogens is 561 g/mol. The largest absolute Gasteiger partial charge is 0.236 e. The second-order valence-electron chi connectivity index (χ2n) is 11.0. The minimum Gasteiger partial charge on any atom is -0.236 e. The Morgan fingerprint density at radius 1 is 0.419 bits per heavy atom. The first kappa shape index (κ1) is 24.7. The topological polar surface area (TPSA) is 25.8 Å². The fraction of sp³-hybridized carbons (Fsp3) is 0.0256. The van der Waals surface area contributed by atoms with Crippen LogP contribution in [0.1, 0.15) is 22.3 Å². The molecule has 2 heterocycles. The Bertz CT molecular complexity index is 2070. The van der Waals surface area contributed by atoms with E-state index in [4.69, 9.17) is 9.97 Å². The van der Waals surface area contributed by atoms with Crippen LogP contribution >= 0.6 is 22.7 Å². The van der Waals surface area contributed by atoms with Crippen LogP contribution in [0.15, 0.2) is 146 Å². The van der Waals surface area contributed by atoms with Crippen LogP contribution in [0.5, 0.6) is 0 Å². The van der Waals surface area contributed by atoms with Crippen LogP contribution in [0, 0.1) is 0 Å². The number of thiazole rings is 2. The molecule has 1 aliphatic rings. The molecule has 202 valence electrons. The van der Waals surface area contributed by atoms with Gasteiger partial charge in [0.05, 0.1) is 25.8 Å². The number of hydrogen-bond donors (Lipinski definition) is 0. The lowest BCUT2D eigenvalue weighted by molar-refractivity contribution is 0.768. The molecule has 1 aliphatic carbocycles. The number of rotatable bonds is 4. The number of para-hydroxylation sites is 2. The van der Waals surface area contributed by atoms with Crippen LogP contribution in [-0.2, 0) is 5.41 Å². The van der Waals surface area contributed by atoms with Crippen molar-refractivity contribution in [3.8, 4) is 32.3 Å². The van der Waals surface area contributed by atoms with Crippen LogP contribution in [-0.4, -0.2) is 9.97 Å². The van der Waals surface area contributed by atoms with Crippen LogP contribution in [0.3, 0.4) is 0 Å². The molecule has 0 radical (unpaired) electrons. The lowest BCUT2D eigenvalue weighted by Gasteiger charge is -2.34. The molecular formula is C39H24N2S2. The van der Waals surface area contributed by atoms with E-state index in [2.05, 4.69) is 146 Å². The second-order valence-corrected chi connectivity index (χ2v) is 13.0. The maximum absolute atomic E-state index is 5.02. The summed E-state index contributed by atoms with van der Waals surface area (Å²) in [5.74, 6) is 0. The van der Waals surface area contributed by atoms with Crippen LogP contribution in [0.25, 0.3) is 52.7 Å². The molecule has 4 heteroatoms. The third kappa shape index (κ3) is 3.70. The van der Waals surface area contributed by atoms with Crippen molar-refractivity contribution in [2.45, 2.75) is 5.41 Å². The van der Waals surface area contributed by atoms with Gasteiger partial charge in [0.1, 0.15) is 10.0 Å². The lowest BCUT2D eigenvalue weighted by Crippen LogP contribution is -2.28. The zero-order valence-corrected chi connectivity index (χ0v) is 24.7. The fourth-order valence-corrected chi connectivity index (χ4v) is 8.68. The molecule has 0 fully saturated rings. The normalized spacial score (nSPS) is 13.3. The van der Waals surface area contributed by atoms with Crippen molar-refractivity contribution in [3.05, 3.63) is 168 Å². The van der Waals surface area contributed by atoms with Gasteiger partial charge >= 0.3 is 0 Å². The molecule has 0 aliphatic heterocycles. The number of aromatic nitrogens is 2. The molecule has 6 aromatic carbocycles. The summed E-state index contributed by atoms with van der Waals surface area (Å²) in [4.78, 5) is 10.0. The first-order valence-electron chi connectivity index (χ1n) is 14.4. The Labute approximate surface area is 257 Å². The molecule has 43 heavy (non-hydrogen) atoms. The standard InChI is InChI=1S/C39H24N2S2/c1-3-11-27(12-4-1)39(28-13-5-2-6-14-28)31-21-19-25(37-40-33-15-7-9-17-35(33)42-37)23-29(31)30-24-26(20-22-32(30)39)38-41-34-16-8-10-18-36(34)43-38/h1-24H. The van der Waals surface area contributed by atoms with Gasteiger partial charge in [0.2, 0.25) is 0 Å². The average molecular weight is 585 g/mol. The molecule has 0 bridgehead atoms. The minimum absolute atomic E-state index is 0.439. The molecule has 0 saturated carbocycles. The van der Waals surface area contributed by atoms with Crippen molar-refractivity contribution >= 4 is 43.1 Å². The van der Waals surface area contributed by atoms with Crippen molar-refractivity contribution in [1.82, 2.24) is 9.97 Å². The lowest BCUT2D eigenvalue weighted by atomic mass is 9.67. The third-order valence-corrected chi connectivity index (χ3v) is 10.8. The summed E-state index contributed by atoms with van der Waals surface area (Å²) in [6.07, 6.45) is 0. The van der Waals surface area contributed by atoms with Crippen LogP contribution < -0.4 is 0 Å². The second kappa shape index (κ2) is 9.56. The quantitative estimate of drug-likeness (QED) is 0.206. The van der Waals surface area contributed by atoms with Crippen molar-refractivity contribution < 1.29 is 0 Å². The minimum atomic E-state index is -0.439. The predicted molar refractivity (Wildman–Crippen MR) is 181 cm³/mol. The molecule has 0 amide bonds. The van der Waals surface area contributed by atoms with Gasteiger partial charge in [-0.3, -0.25) is 0 Å². The van der Waals surface area contributed by atoms with E-state index in [1.807, 2.05) is 0 Å². The van der Waals surface area contributed by atoms with E-state index in [0.29, 0.717) is 0 Å². The van der Waals surface area contributed by atoms with Crippen molar-refractivity contribution in [3.63, 3.8) is 0 Å². The van der Waals surface area contributed by atoms with E-state index in [0.717, 1.165) is 32.2 Å². The van der Waals surface area contributed by atoms with E-state index < -0.39 is 5.41 Å².